The summed E-state index contributed by atoms with van der Waals surface area (Å²) in [6.45, 7) is 3.98. The van der Waals surface area contributed by atoms with Crippen molar-refractivity contribution < 1.29 is 4.79 Å². The molecule has 4 rings (SSSR count). The van der Waals surface area contributed by atoms with Crippen molar-refractivity contribution in [3.8, 4) is 0 Å². The van der Waals surface area contributed by atoms with Crippen LogP contribution in [0.3, 0.4) is 0 Å². The molecule has 0 saturated carbocycles. The Hall–Kier alpha value is -2.73. The minimum atomic E-state index is 0.00966. The molecule has 3 heterocycles. The first-order chi connectivity index (χ1) is 11.7. The van der Waals surface area contributed by atoms with Crippen LogP contribution in [-0.2, 0) is 0 Å². The van der Waals surface area contributed by atoms with Crippen molar-refractivity contribution in [3.05, 3.63) is 65.7 Å². The van der Waals surface area contributed by atoms with Crippen molar-refractivity contribution in [3.63, 3.8) is 0 Å². The molecule has 1 aliphatic heterocycles. The third kappa shape index (κ3) is 2.55. The van der Waals surface area contributed by atoms with Gasteiger partial charge in [-0.3, -0.25) is 9.20 Å². The number of carbonyl (C=O) groups excluding carboxylic acids is 1. The molecule has 0 aliphatic carbocycles. The van der Waals surface area contributed by atoms with E-state index in [2.05, 4.69) is 27.4 Å². The summed E-state index contributed by atoms with van der Waals surface area (Å²) in [7, 11) is 0. The fourth-order valence-electron chi connectivity index (χ4n) is 3.25. The molecular weight excluding hydrogens is 302 g/mol. The monoisotopic (exact) mass is 321 g/mol. The number of imidazole rings is 1. The summed E-state index contributed by atoms with van der Waals surface area (Å²) in [5.74, 6) is 0.573. The maximum atomic E-state index is 13.1. The lowest BCUT2D eigenvalue weighted by Gasteiger charge is -2.34. The predicted molar refractivity (Wildman–Crippen MR) is 90.8 cm³/mol. The average molecular weight is 321 g/mol. The third-order valence-electron chi connectivity index (χ3n) is 4.45. The first-order valence-corrected chi connectivity index (χ1v) is 8.11. The number of amides is 1. The fraction of sp³-hybridized carbons (Fsp3) is 0.278. The van der Waals surface area contributed by atoms with Gasteiger partial charge in [-0.1, -0.05) is 30.3 Å². The van der Waals surface area contributed by atoms with Gasteiger partial charge < -0.3 is 10.2 Å². The lowest BCUT2D eigenvalue weighted by Crippen LogP contribution is -2.48. The van der Waals surface area contributed by atoms with Crippen LogP contribution in [0.25, 0.3) is 5.78 Å². The normalized spacial score (nSPS) is 18.0. The summed E-state index contributed by atoms with van der Waals surface area (Å²) >= 11 is 0. The van der Waals surface area contributed by atoms with Crippen LogP contribution in [0, 0.1) is 6.92 Å². The first-order valence-electron chi connectivity index (χ1n) is 8.11. The SMILES string of the molecule is Cc1nc2ncccn2c1C(=O)N1CCNC(c2ccccc2)C1. The zero-order chi connectivity index (χ0) is 16.5. The highest BCUT2D eigenvalue weighted by molar-refractivity contribution is 5.94. The number of hydrogen-bond acceptors (Lipinski definition) is 4. The number of aryl methyl sites for hydroxylation is 1. The number of fused-ring (bicyclic) bond motifs is 1. The van der Waals surface area contributed by atoms with Crippen molar-refractivity contribution in [2.45, 2.75) is 13.0 Å². The molecule has 2 aromatic heterocycles. The molecule has 1 aromatic carbocycles. The molecule has 1 amide bonds. The molecular formula is C18H19N5O. The molecule has 6 heteroatoms. The van der Waals surface area contributed by atoms with E-state index < -0.39 is 0 Å². The maximum absolute atomic E-state index is 13.1. The summed E-state index contributed by atoms with van der Waals surface area (Å²) in [6, 6.07) is 12.2. The number of hydrogen-bond donors (Lipinski definition) is 1. The fourth-order valence-corrected chi connectivity index (χ4v) is 3.25. The van der Waals surface area contributed by atoms with Crippen molar-refractivity contribution in [2.24, 2.45) is 0 Å². The summed E-state index contributed by atoms with van der Waals surface area (Å²) in [5, 5.41) is 3.49. The van der Waals surface area contributed by atoms with Gasteiger partial charge in [0, 0.05) is 38.1 Å². The highest BCUT2D eigenvalue weighted by atomic mass is 16.2. The minimum absolute atomic E-state index is 0.00966. The Morgan fingerprint density at radius 1 is 1.25 bits per heavy atom. The number of nitrogens with one attached hydrogen (secondary N) is 1. The summed E-state index contributed by atoms with van der Waals surface area (Å²) in [6.07, 6.45) is 3.53. The third-order valence-corrected chi connectivity index (χ3v) is 4.45. The number of carbonyl (C=O) groups is 1. The van der Waals surface area contributed by atoms with Crippen LogP contribution in [0.5, 0.6) is 0 Å². The molecule has 3 aromatic rings. The second-order valence-corrected chi connectivity index (χ2v) is 6.00. The van der Waals surface area contributed by atoms with Crippen LogP contribution >= 0.6 is 0 Å². The second-order valence-electron chi connectivity index (χ2n) is 6.00. The van der Waals surface area contributed by atoms with E-state index in [0.29, 0.717) is 30.3 Å². The van der Waals surface area contributed by atoms with E-state index >= 15 is 0 Å². The van der Waals surface area contributed by atoms with Crippen molar-refractivity contribution in [1.82, 2.24) is 24.6 Å². The van der Waals surface area contributed by atoms with E-state index in [1.807, 2.05) is 42.3 Å². The molecule has 6 nitrogen and oxygen atoms in total. The van der Waals surface area contributed by atoms with Gasteiger partial charge in [-0.15, -0.1) is 0 Å². The Balaban J connectivity index is 1.63. The van der Waals surface area contributed by atoms with Gasteiger partial charge in [0.05, 0.1) is 5.69 Å². The quantitative estimate of drug-likeness (QED) is 0.782. The van der Waals surface area contributed by atoms with E-state index in [1.54, 1.807) is 10.6 Å². The van der Waals surface area contributed by atoms with E-state index in [0.717, 1.165) is 6.54 Å². The van der Waals surface area contributed by atoms with Gasteiger partial charge in [-0.2, -0.15) is 0 Å². The molecule has 1 atom stereocenters. The standard InChI is InChI=1S/C18H19N5O/c1-13-16(23-10-5-8-20-18(23)21-13)17(24)22-11-9-19-15(12-22)14-6-3-2-4-7-14/h2-8,10,15,19H,9,11-12H2,1H3. The molecule has 0 spiro atoms. The smallest absolute Gasteiger partial charge is 0.272 e. The predicted octanol–water partition coefficient (Wildman–Crippen LogP) is 1.82. The molecule has 1 aliphatic rings. The highest BCUT2D eigenvalue weighted by Crippen LogP contribution is 2.20. The summed E-state index contributed by atoms with van der Waals surface area (Å²) in [4.78, 5) is 23.6. The number of rotatable bonds is 2. The van der Waals surface area contributed by atoms with Crippen LogP contribution in [0.2, 0.25) is 0 Å². The molecule has 122 valence electrons. The molecule has 1 N–H and O–H groups in total. The summed E-state index contributed by atoms with van der Waals surface area (Å²) < 4.78 is 1.78. The van der Waals surface area contributed by atoms with Gasteiger partial charge in [0.2, 0.25) is 5.78 Å². The van der Waals surface area contributed by atoms with Gasteiger partial charge >= 0.3 is 0 Å². The lowest BCUT2D eigenvalue weighted by atomic mass is 10.0. The van der Waals surface area contributed by atoms with Crippen LogP contribution < -0.4 is 5.32 Å². The lowest BCUT2D eigenvalue weighted by molar-refractivity contribution is 0.0695. The van der Waals surface area contributed by atoms with Gasteiger partial charge in [0.1, 0.15) is 5.69 Å². The van der Waals surface area contributed by atoms with E-state index in [9.17, 15) is 4.79 Å². The molecule has 1 saturated heterocycles. The van der Waals surface area contributed by atoms with Gasteiger partial charge in [0.15, 0.2) is 0 Å². The van der Waals surface area contributed by atoms with Crippen LogP contribution in [0.1, 0.15) is 27.8 Å². The zero-order valence-corrected chi connectivity index (χ0v) is 13.5. The maximum Gasteiger partial charge on any atom is 0.272 e. The Morgan fingerprint density at radius 2 is 2.08 bits per heavy atom. The largest absolute Gasteiger partial charge is 0.334 e. The van der Waals surface area contributed by atoms with Crippen LogP contribution in [-0.4, -0.2) is 44.8 Å². The topological polar surface area (TPSA) is 62.5 Å². The summed E-state index contributed by atoms with van der Waals surface area (Å²) in [5.41, 5.74) is 2.52. The van der Waals surface area contributed by atoms with Gasteiger partial charge in [0.25, 0.3) is 5.91 Å². The van der Waals surface area contributed by atoms with E-state index in [4.69, 9.17) is 0 Å². The van der Waals surface area contributed by atoms with Crippen LogP contribution in [0.4, 0.5) is 0 Å². The Morgan fingerprint density at radius 3 is 2.92 bits per heavy atom. The molecule has 1 fully saturated rings. The Labute approximate surface area is 140 Å². The average Bonchev–Trinajstić information content (AvgIpc) is 2.97. The highest BCUT2D eigenvalue weighted by Gasteiger charge is 2.28. The molecule has 0 radical (unpaired) electrons. The van der Waals surface area contributed by atoms with Gasteiger partial charge in [-0.25, -0.2) is 9.97 Å². The number of benzene rings is 1. The number of aromatic nitrogens is 3. The number of piperazine rings is 1. The van der Waals surface area contributed by atoms with Crippen molar-refractivity contribution in [1.29, 1.82) is 0 Å². The van der Waals surface area contributed by atoms with E-state index in [-0.39, 0.29) is 11.9 Å². The first kappa shape index (κ1) is 14.8. The zero-order valence-electron chi connectivity index (χ0n) is 13.5. The molecule has 24 heavy (non-hydrogen) atoms. The Kier molecular flexibility index (Phi) is 3.74. The molecule has 1 unspecified atom stereocenters. The molecule has 0 bridgehead atoms. The van der Waals surface area contributed by atoms with Gasteiger partial charge in [-0.05, 0) is 18.6 Å². The Bertz CT molecular complexity index is 874. The second kappa shape index (κ2) is 6.05. The van der Waals surface area contributed by atoms with E-state index in [1.165, 1.54) is 5.56 Å². The number of nitrogens with zero attached hydrogens (tertiary/aromatic N) is 4. The van der Waals surface area contributed by atoms with Crippen molar-refractivity contribution >= 4 is 11.7 Å². The van der Waals surface area contributed by atoms with Crippen molar-refractivity contribution in [2.75, 3.05) is 19.6 Å². The van der Waals surface area contributed by atoms with Crippen LogP contribution in [0.15, 0.2) is 48.8 Å². The minimum Gasteiger partial charge on any atom is -0.334 e.